The highest BCUT2D eigenvalue weighted by molar-refractivity contribution is 5.73. The van der Waals surface area contributed by atoms with Gasteiger partial charge in [0.2, 0.25) is 5.60 Å². The number of furan rings is 1. The molecule has 0 aliphatic rings. The lowest BCUT2D eigenvalue weighted by Crippen LogP contribution is -2.45. The van der Waals surface area contributed by atoms with Crippen molar-refractivity contribution < 1.29 is 27.5 Å². The van der Waals surface area contributed by atoms with Crippen LogP contribution in [-0.2, 0) is 5.60 Å². The summed E-state index contributed by atoms with van der Waals surface area (Å²) in [4.78, 5) is 10.9. The molecule has 3 N–H and O–H groups in total. The van der Waals surface area contributed by atoms with Crippen LogP contribution in [0.5, 0.6) is 0 Å². The molecule has 1 aromatic rings. The van der Waals surface area contributed by atoms with Crippen molar-refractivity contribution in [2.24, 2.45) is 0 Å². The van der Waals surface area contributed by atoms with Crippen molar-refractivity contribution >= 4 is 6.03 Å². The van der Waals surface area contributed by atoms with E-state index in [0.717, 1.165) is 6.07 Å². The molecule has 1 heterocycles. The first-order chi connectivity index (χ1) is 8.70. The first-order valence-corrected chi connectivity index (χ1v) is 5.52. The molecule has 1 rings (SSSR count). The van der Waals surface area contributed by atoms with Gasteiger partial charge < -0.3 is 20.2 Å². The van der Waals surface area contributed by atoms with E-state index in [9.17, 15) is 23.1 Å². The van der Waals surface area contributed by atoms with Gasteiger partial charge in [0.05, 0.1) is 0 Å². The molecule has 2 amide bonds. The molecule has 5 nitrogen and oxygen atoms in total. The van der Waals surface area contributed by atoms with Crippen LogP contribution in [0.25, 0.3) is 0 Å². The fourth-order valence-corrected chi connectivity index (χ4v) is 1.51. The molecular formula is C11H15F3N2O3. The molecule has 0 bridgehead atoms. The first-order valence-electron chi connectivity index (χ1n) is 5.52. The number of halogens is 3. The van der Waals surface area contributed by atoms with Crippen LogP contribution in [0.4, 0.5) is 18.0 Å². The van der Waals surface area contributed by atoms with Gasteiger partial charge in [0.1, 0.15) is 11.5 Å². The lowest BCUT2D eigenvalue weighted by molar-refractivity contribution is -0.274. The van der Waals surface area contributed by atoms with E-state index in [1.54, 1.807) is 0 Å². The van der Waals surface area contributed by atoms with E-state index in [0.29, 0.717) is 0 Å². The second-order valence-corrected chi connectivity index (χ2v) is 4.02. The number of amides is 2. The van der Waals surface area contributed by atoms with Gasteiger partial charge in [-0.25, -0.2) is 4.79 Å². The van der Waals surface area contributed by atoms with E-state index in [4.69, 9.17) is 4.42 Å². The molecule has 0 saturated heterocycles. The number of rotatable bonds is 4. The monoisotopic (exact) mass is 280 g/mol. The van der Waals surface area contributed by atoms with Crippen LogP contribution in [0.3, 0.4) is 0 Å². The molecule has 0 unspecified atom stereocenters. The van der Waals surface area contributed by atoms with Gasteiger partial charge in [0.25, 0.3) is 0 Å². The number of hydrogen-bond acceptors (Lipinski definition) is 3. The fourth-order valence-electron chi connectivity index (χ4n) is 1.51. The van der Waals surface area contributed by atoms with Gasteiger partial charge in [0, 0.05) is 20.0 Å². The third kappa shape index (κ3) is 3.40. The van der Waals surface area contributed by atoms with Crippen molar-refractivity contribution in [1.82, 2.24) is 10.6 Å². The molecule has 0 saturated carbocycles. The molecule has 1 aromatic heterocycles. The molecule has 0 fully saturated rings. The fraction of sp³-hybridized carbons (Fsp3) is 0.545. The Bertz CT molecular complexity index is 445. The summed E-state index contributed by atoms with van der Waals surface area (Å²) in [6, 6.07) is 1.78. The molecule has 8 heteroatoms. The average Bonchev–Trinajstić information content (AvgIpc) is 2.74. The van der Waals surface area contributed by atoms with Crippen molar-refractivity contribution in [2.45, 2.75) is 25.1 Å². The van der Waals surface area contributed by atoms with Gasteiger partial charge in [-0.1, -0.05) is 0 Å². The van der Waals surface area contributed by atoms with Crippen LogP contribution in [0.2, 0.25) is 0 Å². The first kappa shape index (κ1) is 15.4. The number of aliphatic hydroxyl groups is 1. The highest BCUT2D eigenvalue weighted by atomic mass is 19.4. The van der Waals surface area contributed by atoms with Gasteiger partial charge in [-0.3, -0.25) is 0 Å². The lowest BCUT2D eigenvalue weighted by atomic mass is 9.96. The second kappa shape index (κ2) is 5.52. The summed E-state index contributed by atoms with van der Waals surface area (Å²) >= 11 is 0. The number of aryl methyl sites for hydroxylation is 1. The zero-order chi connectivity index (χ0) is 14.7. The molecule has 108 valence electrons. The topological polar surface area (TPSA) is 74.5 Å². The summed E-state index contributed by atoms with van der Waals surface area (Å²) in [7, 11) is 1.33. The molecule has 0 spiro atoms. The number of carbonyl (C=O) groups is 1. The minimum Gasteiger partial charge on any atom is -0.463 e. The Kier molecular flexibility index (Phi) is 4.46. The predicted molar refractivity (Wildman–Crippen MR) is 60.5 cm³/mol. The van der Waals surface area contributed by atoms with Crippen LogP contribution >= 0.6 is 0 Å². The van der Waals surface area contributed by atoms with E-state index in [-0.39, 0.29) is 12.3 Å². The van der Waals surface area contributed by atoms with Crippen molar-refractivity contribution in [3.05, 3.63) is 23.7 Å². The standard InChI is InChI=1S/C11H15F3N2O3/c1-7-3-4-8(19-7)10(18,11(12,13)14)5-6-16-9(17)15-2/h3-4,18H,5-6H2,1-2H3,(H2,15,16,17)/t10-/m1/s1. The van der Waals surface area contributed by atoms with Crippen molar-refractivity contribution in [1.29, 1.82) is 0 Å². The van der Waals surface area contributed by atoms with Gasteiger partial charge in [-0.2, -0.15) is 13.2 Å². The number of hydrogen-bond donors (Lipinski definition) is 3. The Hall–Kier alpha value is -1.70. The van der Waals surface area contributed by atoms with E-state index >= 15 is 0 Å². The maximum absolute atomic E-state index is 13.0. The van der Waals surface area contributed by atoms with E-state index in [2.05, 4.69) is 10.6 Å². The van der Waals surface area contributed by atoms with Gasteiger partial charge >= 0.3 is 12.2 Å². The highest BCUT2D eigenvalue weighted by Gasteiger charge is 2.56. The van der Waals surface area contributed by atoms with Gasteiger partial charge in [-0.05, 0) is 19.1 Å². The van der Waals surface area contributed by atoms with Crippen LogP contribution < -0.4 is 10.6 Å². The molecule has 1 atom stereocenters. The van der Waals surface area contributed by atoms with Crippen LogP contribution in [0.1, 0.15) is 17.9 Å². The predicted octanol–water partition coefficient (Wildman–Crippen LogP) is 1.66. The Balaban J connectivity index is 2.86. The zero-order valence-electron chi connectivity index (χ0n) is 10.5. The lowest BCUT2D eigenvalue weighted by Gasteiger charge is -2.28. The zero-order valence-corrected chi connectivity index (χ0v) is 10.5. The van der Waals surface area contributed by atoms with Crippen LogP contribution in [-0.4, -0.2) is 30.9 Å². The summed E-state index contributed by atoms with van der Waals surface area (Å²) < 4.78 is 43.8. The van der Waals surface area contributed by atoms with Crippen LogP contribution in [0.15, 0.2) is 16.5 Å². The summed E-state index contributed by atoms with van der Waals surface area (Å²) in [5.74, 6) is -0.326. The quantitative estimate of drug-likeness (QED) is 0.785. The number of urea groups is 1. The SMILES string of the molecule is CNC(=O)NCC[C@@](O)(c1ccc(C)o1)C(F)(F)F. The number of carbonyl (C=O) groups excluding carboxylic acids is 1. The Morgan fingerprint density at radius 3 is 2.47 bits per heavy atom. The third-order valence-electron chi connectivity index (χ3n) is 2.62. The van der Waals surface area contributed by atoms with Crippen molar-refractivity contribution in [2.75, 3.05) is 13.6 Å². The molecule has 0 aliphatic carbocycles. The largest absolute Gasteiger partial charge is 0.463 e. The minimum atomic E-state index is -4.90. The summed E-state index contributed by atoms with van der Waals surface area (Å²) in [5, 5.41) is 14.2. The van der Waals surface area contributed by atoms with Crippen molar-refractivity contribution in [3.8, 4) is 0 Å². The summed E-state index contributed by atoms with van der Waals surface area (Å²) in [5.41, 5.74) is -3.12. The van der Waals surface area contributed by atoms with Gasteiger partial charge in [0.15, 0.2) is 0 Å². The number of nitrogens with one attached hydrogen (secondary N) is 2. The molecule has 0 aliphatic heterocycles. The smallest absolute Gasteiger partial charge is 0.424 e. The molecule has 19 heavy (non-hydrogen) atoms. The maximum atomic E-state index is 13.0. The Labute approximate surface area is 107 Å². The van der Waals surface area contributed by atoms with E-state index < -0.39 is 30.0 Å². The van der Waals surface area contributed by atoms with E-state index in [1.165, 1.54) is 20.0 Å². The molecule has 0 aromatic carbocycles. The minimum absolute atomic E-state index is 0.261. The Morgan fingerprint density at radius 2 is 2.05 bits per heavy atom. The number of alkyl halides is 3. The molecule has 0 radical (unpaired) electrons. The average molecular weight is 280 g/mol. The summed E-state index contributed by atoms with van der Waals surface area (Å²) in [6.45, 7) is 1.12. The highest BCUT2D eigenvalue weighted by Crippen LogP contribution is 2.41. The molecular weight excluding hydrogens is 265 g/mol. The summed E-state index contributed by atoms with van der Waals surface area (Å²) in [6.07, 6.45) is -5.64. The second-order valence-electron chi connectivity index (χ2n) is 4.02. The van der Waals surface area contributed by atoms with Crippen LogP contribution in [0, 0.1) is 6.92 Å². The normalized spacial score (nSPS) is 14.8. The van der Waals surface area contributed by atoms with E-state index in [1.807, 2.05) is 0 Å². The third-order valence-corrected chi connectivity index (χ3v) is 2.62. The Morgan fingerprint density at radius 1 is 1.42 bits per heavy atom. The van der Waals surface area contributed by atoms with Crippen molar-refractivity contribution in [3.63, 3.8) is 0 Å². The van der Waals surface area contributed by atoms with Gasteiger partial charge in [-0.15, -0.1) is 0 Å². The maximum Gasteiger partial charge on any atom is 0.424 e.